The summed E-state index contributed by atoms with van der Waals surface area (Å²) in [5.74, 6) is 2.02. The Bertz CT molecular complexity index is 378. The normalized spacial score (nSPS) is 13.0. The molecule has 4 nitrogen and oxygen atoms in total. The lowest BCUT2D eigenvalue weighted by molar-refractivity contribution is 0.173. The summed E-state index contributed by atoms with van der Waals surface area (Å²) < 4.78 is 15.9. The molecule has 0 unspecified atom stereocenters. The molecule has 0 atom stereocenters. The molecule has 1 heterocycles. The first-order chi connectivity index (χ1) is 7.27. The first kappa shape index (κ1) is 10.4. The predicted molar refractivity (Wildman–Crippen MR) is 56.9 cm³/mol. The second-order valence-corrected chi connectivity index (χ2v) is 3.54. The Morgan fingerprint density at radius 2 is 2.33 bits per heavy atom. The number of benzene rings is 1. The number of nitrogens with one attached hydrogen (secondary N) is 1. The van der Waals surface area contributed by atoms with Crippen molar-refractivity contribution in [3.63, 3.8) is 0 Å². The Hall–Kier alpha value is -1.13. The van der Waals surface area contributed by atoms with Gasteiger partial charge in [-0.1, -0.05) is 11.6 Å². The number of methoxy groups -OCH3 is 1. The zero-order valence-corrected chi connectivity index (χ0v) is 9.35. The molecule has 0 saturated heterocycles. The summed E-state index contributed by atoms with van der Waals surface area (Å²) in [7, 11) is 3.44. The number of ether oxygens (including phenoxy) is 3. The third-order valence-electron chi connectivity index (χ3n) is 2.22. The van der Waals surface area contributed by atoms with Gasteiger partial charge in [-0.3, -0.25) is 0 Å². The van der Waals surface area contributed by atoms with Crippen molar-refractivity contribution in [1.82, 2.24) is 5.32 Å². The van der Waals surface area contributed by atoms with E-state index in [0.29, 0.717) is 28.8 Å². The summed E-state index contributed by atoms with van der Waals surface area (Å²) in [4.78, 5) is 0. The molecule has 0 saturated carbocycles. The molecule has 1 aromatic carbocycles. The van der Waals surface area contributed by atoms with Gasteiger partial charge in [0.1, 0.15) is 5.75 Å². The van der Waals surface area contributed by atoms with E-state index >= 15 is 0 Å². The molecule has 1 aliphatic rings. The summed E-state index contributed by atoms with van der Waals surface area (Å²) in [6, 6.07) is 1.71. The lowest BCUT2D eigenvalue weighted by Gasteiger charge is -2.12. The molecule has 0 aliphatic carbocycles. The van der Waals surface area contributed by atoms with Crippen molar-refractivity contribution in [2.75, 3.05) is 21.0 Å². The van der Waals surface area contributed by atoms with E-state index in [9.17, 15) is 0 Å². The van der Waals surface area contributed by atoms with Crippen LogP contribution in [0.4, 0.5) is 0 Å². The van der Waals surface area contributed by atoms with Crippen molar-refractivity contribution in [3.8, 4) is 17.2 Å². The molecule has 2 rings (SSSR count). The summed E-state index contributed by atoms with van der Waals surface area (Å²) in [6.07, 6.45) is 0. The highest BCUT2D eigenvalue weighted by Gasteiger charge is 2.23. The standard InChI is InChI=1S/C10H12ClNO3/c1-12-4-6-9(13-2)7(11)3-8-10(6)15-5-14-8/h3,12H,4-5H2,1-2H3. The Morgan fingerprint density at radius 1 is 1.53 bits per heavy atom. The molecule has 0 radical (unpaired) electrons. The van der Waals surface area contributed by atoms with Crippen LogP contribution in [0.3, 0.4) is 0 Å². The highest BCUT2D eigenvalue weighted by atomic mass is 35.5. The molecule has 0 spiro atoms. The highest BCUT2D eigenvalue weighted by molar-refractivity contribution is 6.32. The number of rotatable bonds is 3. The lowest BCUT2D eigenvalue weighted by atomic mass is 10.1. The quantitative estimate of drug-likeness (QED) is 0.858. The fraction of sp³-hybridized carbons (Fsp3) is 0.400. The van der Waals surface area contributed by atoms with E-state index in [4.69, 9.17) is 25.8 Å². The van der Waals surface area contributed by atoms with Crippen molar-refractivity contribution in [1.29, 1.82) is 0 Å². The molecule has 0 aromatic heterocycles. The predicted octanol–water partition coefficient (Wildman–Crippen LogP) is 1.80. The van der Waals surface area contributed by atoms with E-state index in [1.807, 2.05) is 7.05 Å². The van der Waals surface area contributed by atoms with Gasteiger partial charge < -0.3 is 19.5 Å². The van der Waals surface area contributed by atoms with Gasteiger partial charge in [0, 0.05) is 12.6 Å². The van der Waals surface area contributed by atoms with E-state index < -0.39 is 0 Å². The van der Waals surface area contributed by atoms with E-state index in [2.05, 4.69) is 5.32 Å². The average Bonchev–Trinajstić information content (AvgIpc) is 2.66. The zero-order valence-electron chi connectivity index (χ0n) is 8.59. The van der Waals surface area contributed by atoms with Crippen molar-refractivity contribution in [2.24, 2.45) is 0 Å². The maximum Gasteiger partial charge on any atom is 0.231 e. The van der Waals surface area contributed by atoms with Crippen molar-refractivity contribution in [3.05, 3.63) is 16.7 Å². The molecule has 0 amide bonds. The monoisotopic (exact) mass is 229 g/mol. The molecule has 1 N–H and O–H groups in total. The van der Waals surface area contributed by atoms with Crippen molar-refractivity contribution < 1.29 is 14.2 Å². The van der Waals surface area contributed by atoms with Crippen LogP contribution < -0.4 is 19.5 Å². The van der Waals surface area contributed by atoms with Gasteiger partial charge in [0.15, 0.2) is 11.5 Å². The summed E-state index contributed by atoms with van der Waals surface area (Å²) in [6.45, 7) is 0.852. The van der Waals surface area contributed by atoms with Gasteiger partial charge in [-0.25, -0.2) is 0 Å². The Morgan fingerprint density at radius 3 is 3.00 bits per heavy atom. The van der Waals surface area contributed by atoms with Crippen LogP contribution in [0.1, 0.15) is 5.56 Å². The topological polar surface area (TPSA) is 39.7 Å². The van der Waals surface area contributed by atoms with E-state index in [0.717, 1.165) is 5.56 Å². The van der Waals surface area contributed by atoms with E-state index in [1.165, 1.54) is 0 Å². The number of halogens is 1. The molecule has 0 bridgehead atoms. The van der Waals surface area contributed by atoms with Crippen LogP contribution in [-0.4, -0.2) is 21.0 Å². The number of fused-ring (bicyclic) bond motifs is 1. The number of hydrogen-bond acceptors (Lipinski definition) is 4. The number of hydrogen-bond donors (Lipinski definition) is 1. The summed E-state index contributed by atoms with van der Waals surface area (Å²) in [5, 5.41) is 3.58. The highest BCUT2D eigenvalue weighted by Crippen LogP contribution is 2.45. The molecule has 1 aromatic rings. The molecular formula is C10H12ClNO3. The van der Waals surface area contributed by atoms with Crippen LogP contribution in [0.25, 0.3) is 0 Å². The van der Waals surface area contributed by atoms with Crippen LogP contribution in [0.15, 0.2) is 6.07 Å². The smallest absolute Gasteiger partial charge is 0.231 e. The largest absolute Gasteiger partial charge is 0.495 e. The van der Waals surface area contributed by atoms with E-state index in [1.54, 1.807) is 13.2 Å². The Kier molecular flexibility index (Phi) is 2.88. The zero-order chi connectivity index (χ0) is 10.8. The first-order valence-corrected chi connectivity index (χ1v) is 4.95. The third-order valence-corrected chi connectivity index (χ3v) is 2.50. The minimum Gasteiger partial charge on any atom is -0.495 e. The van der Waals surface area contributed by atoms with Crippen molar-refractivity contribution >= 4 is 11.6 Å². The van der Waals surface area contributed by atoms with Gasteiger partial charge in [0.25, 0.3) is 0 Å². The van der Waals surface area contributed by atoms with Gasteiger partial charge in [0.05, 0.1) is 17.7 Å². The second-order valence-electron chi connectivity index (χ2n) is 3.13. The lowest BCUT2D eigenvalue weighted by Crippen LogP contribution is -2.08. The summed E-state index contributed by atoms with van der Waals surface area (Å²) >= 11 is 6.06. The van der Waals surface area contributed by atoms with Gasteiger partial charge in [0.2, 0.25) is 6.79 Å². The van der Waals surface area contributed by atoms with Gasteiger partial charge >= 0.3 is 0 Å². The van der Waals surface area contributed by atoms with Crippen LogP contribution >= 0.6 is 11.6 Å². The maximum absolute atomic E-state index is 6.06. The molecule has 5 heteroatoms. The van der Waals surface area contributed by atoms with Crippen LogP contribution in [0.5, 0.6) is 17.2 Å². The fourth-order valence-electron chi connectivity index (χ4n) is 1.62. The molecule has 1 aliphatic heterocycles. The van der Waals surface area contributed by atoms with Crippen molar-refractivity contribution in [2.45, 2.75) is 6.54 Å². The van der Waals surface area contributed by atoms with Crippen LogP contribution in [0, 0.1) is 0 Å². The second kappa shape index (κ2) is 4.16. The molecular weight excluding hydrogens is 218 g/mol. The molecule has 15 heavy (non-hydrogen) atoms. The average molecular weight is 230 g/mol. The third kappa shape index (κ3) is 1.70. The minimum absolute atomic E-state index is 0.232. The van der Waals surface area contributed by atoms with Crippen LogP contribution in [0.2, 0.25) is 5.02 Å². The summed E-state index contributed by atoms with van der Waals surface area (Å²) in [5.41, 5.74) is 0.889. The SMILES string of the molecule is CNCc1c(OC)c(Cl)cc2c1OCO2. The Balaban J connectivity index is 2.55. The first-order valence-electron chi connectivity index (χ1n) is 4.57. The fourth-order valence-corrected chi connectivity index (χ4v) is 1.91. The van der Waals surface area contributed by atoms with Gasteiger partial charge in [-0.2, -0.15) is 0 Å². The van der Waals surface area contributed by atoms with Gasteiger partial charge in [-0.05, 0) is 7.05 Å². The molecule has 82 valence electrons. The maximum atomic E-state index is 6.06. The Labute approximate surface area is 93.1 Å². The minimum atomic E-state index is 0.232. The molecule has 0 fully saturated rings. The van der Waals surface area contributed by atoms with Crippen LogP contribution in [-0.2, 0) is 6.54 Å². The van der Waals surface area contributed by atoms with E-state index in [-0.39, 0.29) is 6.79 Å². The van der Waals surface area contributed by atoms with Gasteiger partial charge in [-0.15, -0.1) is 0 Å².